The van der Waals surface area contributed by atoms with E-state index in [0.717, 1.165) is 13.1 Å². The summed E-state index contributed by atoms with van der Waals surface area (Å²) >= 11 is 1.90. The van der Waals surface area contributed by atoms with Crippen LogP contribution in [0, 0.1) is 13.8 Å². The average Bonchev–Trinajstić information content (AvgIpc) is 2.53. The van der Waals surface area contributed by atoms with Crippen LogP contribution in [0.5, 0.6) is 0 Å². The lowest BCUT2D eigenvalue weighted by atomic mass is 10.2. The lowest BCUT2D eigenvalue weighted by Crippen LogP contribution is -2.24. The second-order valence-electron chi connectivity index (χ2n) is 5.57. The van der Waals surface area contributed by atoms with Crippen molar-refractivity contribution in [1.82, 2.24) is 5.32 Å². The Morgan fingerprint density at radius 2 is 1.32 bits per heavy atom. The van der Waals surface area contributed by atoms with Gasteiger partial charge in [0.05, 0.1) is 0 Å². The normalized spacial score (nSPS) is 11.1. The Kier molecular flexibility index (Phi) is 7.45. The summed E-state index contributed by atoms with van der Waals surface area (Å²) in [5.41, 5.74) is 2.67. The third-order valence-electron chi connectivity index (χ3n) is 3.69. The van der Waals surface area contributed by atoms with Gasteiger partial charge in [-0.15, -0.1) is 0 Å². The Morgan fingerprint density at radius 3 is 1.77 bits per heavy atom. The molecule has 0 amide bonds. The van der Waals surface area contributed by atoms with E-state index in [1.54, 1.807) is 0 Å². The van der Waals surface area contributed by atoms with Crippen LogP contribution in [0.25, 0.3) is 0 Å². The van der Waals surface area contributed by atoms with E-state index < -0.39 is 0 Å². The monoisotopic (exact) mass is 331 g/mol. The zero-order valence-corrected chi connectivity index (χ0v) is 15.5. The van der Waals surface area contributed by atoms with Crippen molar-refractivity contribution in [3.05, 3.63) is 59.7 Å². The first kappa shape index (κ1) is 17.5. The van der Waals surface area contributed by atoms with Gasteiger partial charge in [-0.3, -0.25) is 0 Å². The highest BCUT2D eigenvalue weighted by atomic mass is 32.2. The van der Waals surface area contributed by atoms with E-state index in [1.807, 2.05) is 11.8 Å². The summed E-state index contributed by atoms with van der Waals surface area (Å²) in [5, 5.41) is 6.54. The van der Waals surface area contributed by atoms with Crippen LogP contribution in [0.1, 0.15) is 11.1 Å². The van der Waals surface area contributed by atoms with E-state index in [9.17, 15) is 0 Å². The molecule has 0 heterocycles. The van der Waals surface area contributed by atoms with Gasteiger partial charge >= 0.3 is 0 Å². The molecule has 0 saturated carbocycles. The molecule has 2 aromatic rings. The molecule has 0 fully saturated rings. The first-order valence-corrected chi connectivity index (χ1v) is 10.7. The second-order valence-corrected chi connectivity index (χ2v) is 8.89. The molecule has 0 radical (unpaired) electrons. The van der Waals surface area contributed by atoms with Gasteiger partial charge in [0.2, 0.25) is 0 Å². The minimum absolute atomic E-state index is 0.266. The van der Waals surface area contributed by atoms with Crippen LogP contribution >= 0.6 is 19.7 Å². The molecule has 0 atom stereocenters. The molecule has 3 heteroatoms. The van der Waals surface area contributed by atoms with Gasteiger partial charge in [-0.05, 0) is 51.3 Å². The van der Waals surface area contributed by atoms with Crippen molar-refractivity contribution in [3.63, 3.8) is 0 Å². The Bertz CT molecular complexity index is 505. The highest BCUT2D eigenvalue weighted by Crippen LogP contribution is 2.32. The third kappa shape index (κ3) is 5.43. The Balaban J connectivity index is 2.10. The largest absolute Gasteiger partial charge is 0.316 e. The fourth-order valence-electron chi connectivity index (χ4n) is 2.35. The molecular formula is C19H26NPS. The number of thioether (sulfide) groups is 1. The highest BCUT2D eigenvalue weighted by Gasteiger charge is 2.13. The van der Waals surface area contributed by atoms with Crippen LogP contribution in [0.2, 0.25) is 0 Å². The SMILES string of the molecule is CSCCNCCP(c1ccc(C)cc1)c1ccc(C)cc1. The van der Waals surface area contributed by atoms with Crippen LogP contribution in [-0.2, 0) is 0 Å². The summed E-state index contributed by atoms with van der Waals surface area (Å²) in [6.45, 7) is 6.50. The first-order chi connectivity index (χ1) is 10.7. The summed E-state index contributed by atoms with van der Waals surface area (Å²) in [6.07, 6.45) is 3.36. The van der Waals surface area contributed by atoms with E-state index in [4.69, 9.17) is 0 Å². The number of hydrogen-bond donors (Lipinski definition) is 1. The summed E-state index contributed by atoms with van der Waals surface area (Å²) in [6, 6.07) is 18.2. The summed E-state index contributed by atoms with van der Waals surface area (Å²) in [5.74, 6) is 1.19. The molecule has 0 unspecified atom stereocenters. The molecule has 0 saturated heterocycles. The van der Waals surface area contributed by atoms with Crippen molar-refractivity contribution < 1.29 is 0 Å². The topological polar surface area (TPSA) is 12.0 Å². The summed E-state index contributed by atoms with van der Waals surface area (Å²) in [4.78, 5) is 0. The predicted octanol–water partition coefficient (Wildman–Crippen LogP) is 3.69. The van der Waals surface area contributed by atoms with Gasteiger partial charge in [0, 0.05) is 12.3 Å². The standard InChI is InChI=1S/C19H26NPS/c1-16-4-8-18(9-5-16)21(14-12-20-13-15-22-3)19-10-6-17(2)7-11-19/h4-11,20H,12-15H2,1-3H3. The fraction of sp³-hybridized carbons (Fsp3) is 0.368. The molecular weight excluding hydrogens is 305 g/mol. The van der Waals surface area contributed by atoms with Crippen LogP contribution < -0.4 is 15.9 Å². The summed E-state index contributed by atoms with van der Waals surface area (Å²) < 4.78 is 0. The van der Waals surface area contributed by atoms with Crippen molar-refractivity contribution in [3.8, 4) is 0 Å². The molecule has 0 bridgehead atoms. The van der Waals surface area contributed by atoms with Crippen molar-refractivity contribution in [2.24, 2.45) is 0 Å². The highest BCUT2D eigenvalue weighted by molar-refractivity contribution is 7.98. The van der Waals surface area contributed by atoms with Crippen molar-refractivity contribution >= 4 is 30.3 Å². The lowest BCUT2D eigenvalue weighted by molar-refractivity contribution is 0.773. The summed E-state index contributed by atoms with van der Waals surface area (Å²) in [7, 11) is -0.266. The fourth-order valence-corrected chi connectivity index (χ4v) is 4.91. The molecule has 2 rings (SSSR count). The van der Waals surface area contributed by atoms with Crippen molar-refractivity contribution in [2.45, 2.75) is 13.8 Å². The molecule has 0 aliphatic rings. The third-order valence-corrected chi connectivity index (χ3v) is 6.81. The molecule has 0 spiro atoms. The molecule has 0 aromatic heterocycles. The second kappa shape index (κ2) is 9.35. The van der Waals surface area contributed by atoms with Gasteiger partial charge in [-0.25, -0.2) is 0 Å². The number of benzene rings is 2. The molecule has 0 aliphatic carbocycles. The maximum absolute atomic E-state index is 3.57. The number of rotatable bonds is 8. The van der Waals surface area contributed by atoms with E-state index in [-0.39, 0.29) is 7.92 Å². The van der Waals surface area contributed by atoms with Gasteiger partial charge in [0.25, 0.3) is 0 Å². The maximum Gasteiger partial charge on any atom is 0.00553 e. The van der Waals surface area contributed by atoms with Gasteiger partial charge < -0.3 is 5.32 Å². The van der Waals surface area contributed by atoms with E-state index in [2.05, 4.69) is 74.0 Å². The molecule has 118 valence electrons. The predicted molar refractivity (Wildman–Crippen MR) is 105 cm³/mol. The maximum atomic E-state index is 3.57. The number of aryl methyl sites for hydroxylation is 2. The van der Waals surface area contributed by atoms with E-state index in [0.29, 0.717) is 0 Å². The van der Waals surface area contributed by atoms with E-state index in [1.165, 1.54) is 33.7 Å². The molecule has 22 heavy (non-hydrogen) atoms. The number of hydrogen-bond acceptors (Lipinski definition) is 2. The van der Waals surface area contributed by atoms with Crippen LogP contribution in [0.15, 0.2) is 48.5 Å². The van der Waals surface area contributed by atoms with Crippen molar-refractivity contribution in [2.75, 3.05) is 31.3 Å². The van der Waals surface area contributed by atoms with Gasteiger partial charge in [-0.2, -0.15) is 11.8 Å². The van der Waals surface area contributed by atoms with E-state index >= 15 is 0 Å². The smallest absolute Gasteiger partial charge is 0.00553 e. The molecule has 2 aromatic carbocycles. The Hall–Kier alpha value is -0.820. The minimum atomic E-state index is -0.266. The van der Waals surface area contributed by atoms with Crippen LogP contribution in [0.4, 0.5) is 0 Å². The van der Waals surface area contributed by atoms with Gasteiger partial charge in [-0.1, -0.05) is 59.7 Å². The zero-order valence-electron chi connectivity index (χ0n) is 13.8. The molecule has 1 nitrogen and oxygen atoms in total. The quantitative estimate of drug-likeness (QED) is 0.585. The van der Waals surface area contributed by atoms with Crippen molar-refractivity contribution in [1.29, 1.82) is 0 Å². The van der Waals surface area contributed by atoms with Gasteiger partial charge in [0.1, 0.15) is 0 Å². The van der Waals surface area contributed by atoms with Crippen LogP contribution in [0.3, 0.4) is 0 Å². The average molecular weight is 331 g/mol. The molecule has 0 aliphatic heterocycles. The number of nitrogens with one attached hydrogen (secondary N) is 1. The minimum Gasteiger partial charge on any atom is -0.316 e. The lowest BCUT2D eigenvalue weighted by Gasteiger charge is -2.19. The first-order valence-electron chi connectivity index (χ1n) is 7.81. The van der Waals surface area contributed by atoms with Crippen LogP contribution in [-0.4, -0.2) is 31.3 Å². The Labute approximate surface area is 140 Å². The molecule has 1 N–H and O–H groups in total. The van der Waals surface area contributed by atoms with Gasteiger partial charge in [0.15, 0.2) is 0 Å². The zero-order chi connectivity index (χ0) is 15.8. The Morgan fingerprint density at radius 1 is 0.818 bits per heavy atom.